The molecule has 2 amide bonds. The number of hydrogen-bond acceptors (Lipinski definition) is 5. The number of aryl methyl sites for hydroxylation is 1. The molecular formula is C35H38BrN3O5S. The molecule has 0 bridgehead atoms. The first-order valence-electron chi connectivity index (χ1n) is 14.6. The highest BCUT2D eigenvalue weighted by Crippen LogP contribution is 2.33. The molecule has 4 rings (SSSR count). The maximum atomic E-state index is 14.5. The fourth-order valence-electron chi connectivity index (χ4n) is 4.91. The summed E-state index contributed by atoms with van der Waals surface area (Å²) in [7, 11) is -2.79. The quantitative estimate of drug-likeness (QED) is 0.182. The van der Waals surface area contributed by atoms with Crippen molar-refractivity contribution in [3.63, 3.8) is 0 Å². The molecule has 45 heavy (non-hydrogen) atoms. The van der Waals surface area contributed by atoms with Crippen LogP contribution in [0.15, 0.2) is 112 Å². The number of para-hydroxylation sites is 2. The van der Waals surface area contributed by atoms with Crippen molar-refractivity contribution in [3.8, 4) is 5.75 Å². The molecule has 0 heterocycles. The number of nitrogens with zero attached hydrogens (tertiary/aromatic N) is 2. The highest BCUT2D eigenvalue weighted by molar-refractivity contribution is 9.10. The van der Waals surface area contributed by atoms with Gasteiger partial charge in [-0.1, -0.05) is 88.2 Å². The molecule has 0 aliphatic carbocycles. The molecule has 0 saturated heterocycles. The second-order valence-corrected chi connectivity index (χ2v) is 13.8. The predicted molar refractivity (Wildman–Crippen MR) is 181 cm³/mol. The lowest BCUT2D eigenvalue weighted by Gasteiger charge is -2.34. The Kier molecular flexibility index (Phi) is 11.4. The molecule has 0 fully saturated rings. The zero-order valence-corrected chi connectivity index (χ0v) is 28.2. The molecule has 0 spiro atoms. The SMILES string of the molecule is COc1ccccc1N(CC(=O)N(Cc1ccc(Br)cc1)[C@H](Cc1ccccc1)C(=O)NC(C)C)S(=O)(=O)c1ccc(C)cc1. The van der Waals surface area contributed by atoms with Crippen molar-refractivity contribution in [3.05, 3.63) is 124 Å². The molecule has 1 N–H and O–H groups in total. The van der Waals surface area contributed by atoms with Crippen LogP contribution in [0.3, 0.4) is 0 Å². The molecule has 0 radical (unpaired) electrons. The van der Waals surface area contributed by atoms with Gasteiger partial charge in [-0.25, -0.2) is 8.42 Å². The van der Waals surface area contributed by atoms with Gasteiger partial charge in [-0.15, -0.1) is 0 Å². The number of methoxy groups -OCH3 is 1. The zero-order chi connectivity index (χ0) is 32.6. The first kappa shape index (κ1) is 33.7. The van der Waals surface area contributed by atoms with Gasteiger partial charge in [-0.05, 0) is 68.3 Å². The third kappa shape index (κ3) is 8.73. The number of nitrogens with one attached hydrogen (secondary N) is 1. The minimum absolute atomic E-state index is 0.0321. The maximum absolute atomic E-state index is 14.5. The summed E-state index contributed by atoms with van der Waals surface area (Å²) in [6.07, 6.45) is 0.237. The highest BCUT2D eigenvalue weighted by Gasteiger charge is 2.35. The van der Waals surface area contributed by atoms with Crippen LogP contribution in [0.4, 0.5) is 5.69 Å². The van der Waals surface area contributed by atoms with Crippen molar-refractivity contribution < 1.29 is 22.7 Å². The van der Waals surface area contributed by atoms with Crippen LogP contribution in [0.5, 0.6) is 5.75 Å². The lowest BCUT2D eigenvalue weighted by atomic mass is 10.0. The third-order valence-electron chi connectivity index (χ3n) is 7.21. The second-order valence-electron chi connectivity index (χ2n) is 11.0. The monoisotopic (exact) mass is 691 g/mol. The zero-order valence-electron chi connectivity index (χ0n) is 25.8. The van der Waals surface area contributed by atoms with E-state index in [0.717, 1.165) is 25.5 Å². The molecular weight excluding hydrogens is 654 g/mol. The van der Waals surface area contributed by atoms with Crippen LogP contribution < -0.4 is 14.4 Å². The second kappa shape index (κ2) is 15.2. The summed E-state index contributed by atoms with van der Waals surface area (Å²) in [5, 5.41) is 2.97. The van der Waals surface area contributed by atoms with Gasteiger partial charge in [0.2, 0.25) is 11.8 Å². The van der Waals surface area contributed by atoms with Gasteiger partial charge in [0.1, 0.15) is 18.3 Å². The molecule has 236 valence electrons. The van der Waals surface area contributed by atoms with Crippen molar-refractivity contribution in [2.45, 2.75) is 50.7 Å². The molecule has 0 aromatic heterocycles. The first-order valence-corrected chi connectivity index (χ1v) is 16.8. The normalized spacial score (nSPS) is 12.0. The molecule has 0 aliphatic rings. The number of hydrogen-bond donors (Lipinski definition) is 1. The van der Waals surface area contributed by atoms with E-state index < -0.39 is 28.5 Å². The van der Waals surface area contributed by atoms with E-state index in [1.165, 1.54) is 24.1 Å². The van der Waals surface area contributed by atoms with Crippen LogP contribution in [0.1, 0.15) is 30.5 Å². The smallest absolute Gasteiger partial charge is 0.264 e. The number of carbonyl (C=O) groups is 2. The Hall–Kier alpha value is -4.15. The van der Waals surface area contributed by atoms with Crippen LogP contribution in [0.2, 0.25) is 0 Å². The number of carbonyl (C=O) groups excluding carboxylic acids is 2. The molecule has 10 heteroatoms. The standard InChI is InChI=1S/C35H38BrN3O5S/c1-25(2)37-35(41)32(22-27-10-6-5-7-11-27)38(23-28-16-18-29(36)19-17-28)34(40)24-39(31-12-8-9-13-33(31)44-4)45(42,43)30-20-14-26(3)15-21-30/h5-21,25,32H,22-24H2,1-4H3,(H,37,41)/t32-/m1/s1. The van der Waals surface area contributed by atoms with Gasteiger partial charge in [0, 0.05) is 23.5 Å². The van der Waals surface area contributed by atoms with E-state index in [4.69, 9.17) is 4.74 Å². The Balaban J connectivity index is 1.83. The largest absolute Gasteiger partial charge is 0.495 e. The van der Waals surface area contributed by atoms with Crippen LogP contribution in [-0.4, -0.2) is 50.9 Å². The number of anilines is 1. The molecule has 4 aromatic carbocycles. The van der Waals surface area contributed by atoms with Crippen molar-refractivity contribution in [2.24, 2.45) is 0 Å². The summed E-state index contributed by atoms with van der Waals surface area (Å²) in [6, 6.07) is 28.9. The maximum Gasteiger partial charge on any atom is 0.264 e. The minimum atomic E-state index is -4.24. The minimum Gasteiger partial charge on any atom is -0.495 e. The summed E-state index contributed by atoms with van der Waals surface area (Å²) < 4.78 is 35.9. The fourth-order valence-corrected chi connectivity index (χ4v) is 6.60. The molecule has 0 saturated carbocycles. The van der Waals surface area contributed by atoms with Crippen LogP contribution in [-0.2, 0) is 32.6 Å². The van der Waals surface area contributed by atoms with E-state index in [-0.39, 0.29) is 35.5 Å². The van der Waals surface area contributed by atoms with E-state index >= 15 is 0 Å². The van der Waals surface area contributed by atoms with E-state index in [1.54, 1.807) is 36.4 Å². The molecule has 1 atom stereocenters. The topological polar surface area (TPSA) is 96.0 Å². The van der Waals surface area contributed by atoms with E-state index in [2.05, 4.69) is 21.2 Å². The van der Waals surface area contributed by atoms with Gasteiger partial charge in [-0.2, -0.15) is 0 Å². The highest BCUT2D eigenvalue weighted by atomic mass is 79.9. The summed E-state index contributed by atoms with van der Waals surface area (Å²) in [5.41, 5.74) is 2.76. The Morgan fingerprint density at radius 1 is 0.844 bits per heavy atom. The van der Waals surface area contributed by atoms with Crippen LogP contribution in [0, 0.1) is 6.92 Å². The number of benzene rings is 4. The van der Waals surface area contributed by atoms with E-state index in [0.29, 0.717) is 5.75 Å². The number of sulfonamides is 1. The van der Waals surface area contributed by atoms with Gasteiger partial charge in [-0.3, -0.25) is 13.9 Å². The van der Waals surface area contributed by atoms with Crippen LogP contribution in [0.25, 0.3) is 0 Å². The number of ether oxygens (including phenoxy) is 1. The molecule has 0 aliphatic heterocycles. The summed E-state index contributed by atoms with van der Waals surface area (Å²) in [4.78, 5) is 29.8. The number of amides is 2. The van der Waals surface area contributed by atoms with Gasteiger partial charge in [0.15, 0.2) is 0 Å². The summed E-state index contributed by atoms with van der Waals surface area (Å²) in [5.74, 6) is -0.581. The lowest BCUT2D eigenvalue weighted by Crippen LogP contribution is -2.54. The van der Waals surface area contributed by atoms with Crippen molar-refractivity contribution in [1.82, 2.24) is 10.2 Å². The lowest BCUT2D eigenvalue weighted by molar-refractivity contribution is -0.140. The van der Waals surface area contributed by atoms with Gasteiger partial charge < -0.3 is 15.0 Å². The average Bonchev–Trinajstić information content (AvgIpc) is 3.02. The Labute approximate surface area is 274 Å². The van der Waals surface area contributed by atoms with E-state index in [9.17, 15) is 18.0 Å². The third-order valence-corrected chi connectivity index (χ3v) is 9.51. The molecule has 8 nitrogen and oxygen atoms in total. The van der Waals surface area contributed by atoms with Gasteiger partial charge >= 0.3 is 0 Å². The molecule has 4 aromatic rings. The number of halogens is 1. The Morgan fingerprint density at radius 3 is 2.09 bits per heavy atom. The van der Waals surface area contributed by atoms with Gasteiger partial charge in [0.25, 0.3) is 10.0 Å². The summed E-state index contributed by atoms with van der Waals surface area (Å²) in [6.45, 7) is 5.10. The molecule has 0 unspecified atom stereocenters. The van der Waals surface area contributed by atoms with Gasteiger partial charge in [0.05, 0.1) is 17.7 Å². The first-order chi connectivity index (χ1) is 21.5. The van der Waals surface area contributed by atoms with Crippen molar-refractivity contribution in [1.29, 1.82) is 0 Å². The van der Waals surface area contributed by atoms with Crippen molar-refractivity contribution >= 4 is 43.5 Å². The predicted octanol–water partition coefficient (Wildman–Crippen LogP) is 6.13. The Morgan fingerprint density at radius 2 is 1.47 bits per heavy atom. The van der Waals surface area contributed by atoms with Crippen molar-refractivity contribution in [2.75, 3.05) is 18.0 Å². The Bertz CT molecular complexity index is 1700. The fraction of sp³-hybridized carbons (Fsp3) is 0.257. The number of rotatable bonds is 13. The van der Waals surface area contributed by atoms with Crippen LogP contribution >= 0.6 is 15.9 Å². The summed E-state index contributed by atoms with van der Waals surface area (Å²) >= 11 is 3.45. The average molecular weight is 693 g/mol. The van der Waals surface area contributed by atoms with E-state index in [1.807, 2.05) is 75.4 Å².